The molecule has 2 aliphatic rings. The highest BCUT2D eigenvalue weighted by molar-refractivity contribution is 5.95. The Morgan fingerprint density at radius 2 is 1.84 bits per heavy atom. The molecule has 2 aliphatic heterocycles. The van der Waals surface area contributed by atoms with Crippen LogP contribution in [0.1, 0.15) is 43.1 Å². The number of allylic oxidation sites excluding steroid dienone is 1. The Morgan fingerprint density at radius 3 is 2.54 bits per heavy atom. The summed E-state index contributed by atoms with van der Waals surface area (Å²) in [6, 6.07) is 16.6. The Bertz CT molecular complexity index is 1290. The van der Waals surface area contributed by atoms with Crippen molar-refractivity contribution in [3.05, 3.63) is 83.2 Å². The summed E-state index contributed by atoms with van der Waals surface area (Å²) in [5.74, 6) is 0.817. The number of ether oxygens (including phenoxy) is 2. The van der Waals surface area contributed by atoms with Crippen molar-refractivity contribution in [1.29, 1.82) is 0 Å². The number of nitrogens with zero attached hydrogens (tertiary/aromatic N) is 1. The van der Waals surface area contributed by atoms with Gasteiger partial charge in [-0.25, -0.2) is 4.39 Å². The molecule has 0 amide bonds. The number of alkyl halides is 1. The molecule has 1 saturated heterocycles. The van der Waals surface area contributed by atoms with Crippen molar-refractivity contribution in [3.8, 4) is 23.0 Å². The van der Waals surface area contributed by atoms with Gasteiger partial charge in [0.25, 0.3) is 0 Å². The van der Waals surface area contributed by atoms with Gasteiger partial charge in [-0.15, -0.1) is 0 Å². The van der Waals surface area contributed by atoms with Gasteiger partial charge in [0.1, 0.15) is 41.5 Å². The van der Waals surface area contributed by atoms with Crippen LogP contribution in [-0.4, -0.2) is 47.5 Å². The van der Waals surface area contributed by atoms with Crippen molar-refractivity contribution in [1.82, 2.24) is 4.90 Å². The van der Waals surface area contributed by atoms with Crippen LogP contribution in [0.5, 0.6) is 23.0 Å². The number of phenolic OH excluding ortho intramolecular Hbond substituents is 2. The second kappa shape index (κ2) is 10.4. The summed E-state index contributed by atoms with van der Waals surface area (Å²) >= 11 is 0. The lowest BCUT2D eigenvalue weighted by Crippen LogP contribution is -2.35. The predicted molar refractivity (Wildman–Crippen MR) is 139 cm³/mol. The molecule has 7 heteroatoms. The first-order valence-electron chi connectivity index (χ1n) is 12.6. The third-order valence-corrected chi connectivity index (χ3v) is 7.30. The zero-order valence-corrected chi connectivity index (χ0v) is 21.0. The Morgan fingerprint density at radius 1 is 1.05 bits per heavy atom. The lowest BCUT2D eigenvalue weighted by molar-refractivity contribution is 0.165. The predicted octanol–water partition coefficient (Wildman–Crippen LogP) is 6.36. The highest BCUT2D eigenvalue weighted by Gasteiger charge is 2.30. The molecule has 1 fully saturated rings. The number of hydrogen-bond acceptors (Lipinski definition) is 5. The first-order chi connectivity index (χ1) is 17.8. The molecule has 3 unspecified atom stereocenters. The summed E-state index contributed by atoms with van der Waals surface area (Å²) in [5, 5.41) is 20.1. The molecule has 37 heavy (non-hydrogen) atoms. The van der Waals surface area contributed by atoms with E-state index in [1.54, 1.807) is 18.2 Å². The van der Waals surface area contributed by atoms with Crippen LogP contribution in [0.2, 0.25) is 0 Å². The molecule has 194 valence electrons. The minimum Gasteiger partial charge on any atom is -0.508 e. The number of aromatic hydroxyl groups is 2. The van der Waals surface area contributed by atoms with Crippen LogP contribution in [-0.2, 0) is 0 Å². The van der Waals surface area contributed by atoms with Gasteiger partial charge in [-0.05, 0) is 86.0 Å². The lowest BCUT2D eigenvalue weighted by atomic mass is 9.86. The quantitative estimate of drug-likeness (QED) is 0.390. The van der Waals surface area contributed by atoms with Gasteiger partial charge in [0.05, 0.1) is 6.67 Å². The average molecular weight is 508 g/mol. The molecular formula is C30H31F2NO4. The second-order valence-corrected chi connectivity index (χ2v) is 9.95. The highest BCUT2D eigenvalue weighted by atomic mass is 19.1. The van der Waals surface area contributed by atoms with Crippen LogP contribution < -0.4 is 9.47 Å². The molecule has 3 atom stereocenters. The molecule has 0 saturated carbocycles. The van der Waals surface area contributed by atoms with Gasteiger partial charge >= 0.3 is 0 Å². The van der Waals surface area contributed by atoms with Crippen LogP contribution in [0.15, 0.2) is 60.7 Å². The minimum absolute atomic E-state index is 0.103. The fraction of sp³-hybridized carbons (Fsp3) is 0.333. The first kappa shape index (κ1) is 25.1. The number of likely N-dealkylation sites (tertiary alicyclic amines) is 1. The van der Waals surface area contributed by atoms with E-state index in [4.69, 9.17) is 9.47 Å². The van der Waals surface area contributed by atoms with Crippen molar-refractivity contribution < 1.29 is 28.5 Å². The van der Waals surface area contributed by atoms with Crippen LogP contribution in [0.4, 0.5) is 8.78 Å². The number of benzene rings is 3. The maximum absolute atomic E-state index is 14.3. The van der Waals surface area contributed by atoms with Crippen molar-refractivity contribution in [3.63, 3.8) is 0 Å². The van der Waals surface area contributed by atoms with E-state index in [1.165, 1.54) is 12.1 Å². The molecule has 2 N–H and O–H groups in total. The summed E-state index contributed by atoms with van der Waals surface area (Å²) < 4.78 is 39.6. The second-order valence-electron chi connectivity index (χ2n) is 9.95. The maximum Gasteiger partial charge on any atom is 0.150 e. The van der Waals surface area contributed by atoms with Gasteiger partial charge in [0, 0.05) is 35.7 Å². The van der Waals surface area contributed by atoms with Gasteiger partial charge in [-0.3, -0.25) is 9.29 Å². The summed E-state index contributed by atoms with van der Waals surface area (Å²) in [6.45, 7) is 5.88. The Balaban J connectivity index is 1.40. The van der Waals surface area contributed by atoms with E-state index in [0.29, 0.717) is 34.8 Å². The van der Waals surface area contributed by atoms with E-state index >= 15 is 0 Å². The van der Waals surface area contributed by atoms with Crippen LogP contribution in [0, 0.1) is 11.7 Å². The maximum atomic E-state index is 14.3. The fourth-order valence-electron chi connectivity index (χ4n) is 5.22. The molecule has 5 rings (SSSR count). The van der Waals surface area contributed by atoms with E-state index in [-0.39, 0.29) is 30.1 Å². The van der Waals surface area contributed by atoms with Crippen LogP contribution >= 0.6 is 0 Å². The smallest absolute Gasteiger partial charge is 0.150 e. The number of phenols is 2. The molecule has 3 aromatic carbocycles. The fourth-order valence-corrected chi connectivity index (χ4v) is 5.22. The molecule has 0 aromatic heterocycles. The Hall–Kier alpha value is -3.58. The van der Waals surface area contributed by atoms with Crippen molar-refractivity contribution in [2.24, 2.45) is 5.92 Å². The highest BCUT2D eigenvalue weighted by Crippen LogP contribution is 2.48. The summed E-state index contributed by atoms with van der Waals surface area (Å²) in [6.07, 6.45) is 0.325. The van der Waals surface area contributed by atoms with E-state index < -0.39 is 11.9 Å². The SMILES string of the molecule is CC1=C(c2cc(O)cc(F)c2)C(c2ccc(OCC(C)N3CCC(CF)C3)cc2)Oc2ccc(O)cc21. The van der Waals surface area contributed by atoms with E-state index in [2.05, 4.69) is 11.8 Å². The first-order valence-corrected chi connectivity index (χ1v) is 12.6. The van der Waals surface area contributed by atoms with Gasteiger partial charge in [0.2, 0.25) is 0 Å². The van der Waals surface area contributed by atoms with Gasteiger partial charge < -0.3 is 19.7 Å². The van der Waals surface area contributed by atoms with E-state index in [0.717, 1.165) is 36.7 Å². The van der Waals surface area contributed by atoms with Crippen molar-refractivity contribution in [2.75, 3.05) is 26.4 Å². The van der Waals surface area contributed by atoms with Crippen LogP contribution in [0.3, 0.4) is 0 Å². The zero-order valence-electron chi connectivity index (χ0n) is 21.0. The molecule has 0 aliphatic carbocycles. The molecule has 0 radical (unpaired) electrons. The molecular weight excluding hydrogens is 476 g/mol. The number of rotatable bonds is 7. The molecule has 5 nitrogen and oxygen atoms in total. The molecule has 0 bridgehead atoms. The Kier molecular flexibility index (Phi) is 7.07. The third-order valence-electron chi connectivity index (χ3n) is 7.30. The van der Waals surface area contributed by atoms with Crippen LogP contribution in [0.25, 0.3) is 11.1 Å². The van der Waals surface area contributed by atoms with Crippen molar-refractivity contribution >= 4 is 11.1 Å². The summed E-state index contributed by atoms with van der Waals surface area (Å²) in [4.78, 5) is 2.26. The summed E-state index contributed by atoms with van der Waals surface area (Å²) in [5.41, 5.74) is 3.56. The van der Waals surface area contributed by atoms with Gasteiger partial charge in [0.15, 0.2) is 0 Å². The molecule has 2 heterocycles. The standard InChI is InChI=1S/C30H31F2NO4/c1-18(33-10-9-20(15-31)16-33)17-36-26-6-3-21(4-7-26)30-29(22-11-23(32)13-25(35)12-22)19(2)27-14-24(34)5-8-28(27)37-30/h3-8,11-14,18,20,30,34-35H,9-10,15-17H2,1-2H3. The number of hydrogen-bond donors (Lipinski definition) is 2. The molecule has 3 aromatic rings. The number of halogens is 2. The largest absolute Gasteiger partial charge is 0.508 e. The summed E-state index contributed by atoms with van der Waals surface area (Å²) in [7, 11) is 0. The molecule has 0 spiro atoms. The minimum atomic E-state index is -0.562. The van der Waals surface area contributed by atoms with Gasteiger partial charge in [-0.1, -0.05) is 12.1 Å². The normalized spacial score (nSPS) is 20.4. The van der Waals surface area contributed by atoms with E-state index in [1.807, 2.05) is 31.2 Å². The lowest BCUT2D eigenvalue weighted by Gasteiger charge is -2.31. The monoisotopic (exact) mass is 507 g/mol. The topological polar surface area (TPSA) is 62.2 Å². The zero-order chi connectivity index (χ0) is 26.1. The Labute approximate surface area is 215 Å². The van der Waals surface area contributed by atoms with E-state index in [9.17, 15) is 19.0 Å². The van der Waals surface area contributed by atoms with Gasteiger partial charge in [-0.2, -0.15) is 0 Å². The van der Waals surface area contributed by atoms with Crippen molar-refractivity contribution in [2.45, 2.75) is 32.4 Å². The third kappa shape index (κ3) is 5.27. The average Bonchev–Trinajstić information content (AvgIpc) is 3.37. The number of fused-ring (bicyclic) bond motifs is 1.